The highest BCUT2D eigenvalue weighted by molar-refractivity contribution is 5.24. The maximum atomic E-state index is 3.44. The van der Waals surface area contributed by atoms with Gasteiger partial charge < -0.3 is 5.32 Å². The Labute approximate surface area is 85.9 Å². The fourth-order valence-corrected chi connectivity index (χ4v) is 1.97. The molecule has 1 aliphatic heterocycles. The molecule has 1 aromatic rings. The number of hydrogen-bond donors (Lipinski definition) is 1. The van der Waals surface area contributed by atoms with Crippen molar-refractivity contribution in [3.05, 3.63) is 35.4 Å². The van der Waals surface area contributed by atoms with Gasteiger partial charge in [-0.1, -0.05) is 29.8 Å². The number of likely N-dealkylation sites (N-methyl/N-ethyl adjacent to an activating group) is 1. The molecule has 0 bridgehead atoms. The summed E-state index contributed by atoms with van der Waals surface area (Å²) in [4.78, 5) is 2.42. The summed E-state index contributed by atoms with van der Waals surface area (Å²) in [6.07, 6.45) is 0. The summed E-state index contributed by atoms with van der Waals surface area (Å²) in [5, 5.41) is 3.44. The first-order chi connectivity index (χ1) is 6.77. The molecule has 14 heavy (non-hydrogen) atoms. The zero-order chi connectivity index (χ0) is 9.97. The monoisotopic (exact) mass is 190 g/mol. The van der Waals surface area contributed by atoms with Gasteiger partial charge in [0.1, 0.15) is 0 Å². The highest BCUT2D eigenvalue weighted by Gasteiger charge is 2.19. The van der Waals surface area contributed by atoms with Crippen molar-refractivity contribution in [2.24, 2.45) is 0 Å². The largest absolute Gasteiger partial charge is 0.314 e. The van der Waals surface area contributed by atoms with Crippen molar-refractivity contribution in [3.8, 4) is 0 Å². The summed E-state index contributed by atoms with van der Waals surface area (Å²) < 4.78 is 0. The first kappa shape index (κ1) is 9.69. The van der Waals surface area contributed by atoms with Gasteiger partial charge in [0, 0.05) is 25.7 Å². The number of hydrogen-bond acceptors (Lipinski definition) is 2. The van der Waals surface area contributed by atoms with Gasteiger partial charge >= 0.3 is 0 Å². The number of rotatable bonds is 1. The molecule has 2 nitrogen and oxygen atoms in total. The molecule has 76 valence electrons. The number of piperazine rings is 1. The maximum absolute atomic E-state index is 3.44. The minimum Gasteiger partial charge on any atom is -0.314 e. The molecule has 1 N–H and O–H groups in total. The third-order valence-electron chi connectivity index (χ3n) is 2.97. The topological polar surface area (TPSA) is 15.3 Å². The normalized spacial score (nSPS) is 23.7. The van der Waals surface area contributed by atoms with Crippen LogP contribution < -0.4 is 5.32 Å². The molecule has 0 aromatic heterocycles. The van der Waals surface area contributed by atoms with E-state index in [9.17, 15) is 0 Å². The summed E-state index contributed by atoms with van der Waals surface area (Å²) >= 11 is 0. The molecular weight excluding hydrogens is 172 g/mol. The Bertz CT molecular complexity index is 292. The van der Waals surface area contributed by atoms with Crippen LogP contribution in [0, 0.1) is 6.92 Å². The molecule has 2 rings (SSSR count). The van der Waals surface area contributed by atoms with Gasteiger partial charge in [-0.05, 0) is 19.5 Å². The van der Waals surface area contributed by atoms with E-state index >= 15 is 0 Å². The molecule has 1 atom stereocenters. The lowest BCUT2D eigenvalue weighted by Gasteiger charge is -2.33. The molecule has 1 unspecified atom stereocenters. The van der Waals surface area contributed by atoms with E-state index in [1.54, 1.807) is 0 Å². The number of nitrogens with one attached hydrogen (secondary N) is 1. The Morgan fingerprint density at radius 2 is 2.00 bits per heavy atom. The lowest BCUT2D eigenvalue weighted by Crippen LogP contribution is -2.43. The molecule has 1 heterocycles. The Balaban J connectivity index is 2.16. The summed E-state index contributed by atoms with van der Waals surface area (Å²) in [5.41, 5.74) is 2.76. The van der Waals surface area contributed by atoms with Gasteiger partial charge in [0.15, 0.2) is 0 Å². The minimum atomic E-state index is 0.546. The highest BCUT2D eigenvalue weighted by atomic mass is 15.2. The zero-order valence-electron chi connectivity index (χ0n) is 8.96. The van der Waals surface area contributed by atoms with Gasteiger partial charge in [0.25, 0.3) is 0 Å². The second-order valence-electron chi connectivity index (χ2n) is 4.11. The van der Waals surface area contributed by atoms with Crippen LogP contribution in [0.5, 0.6) is 0 Å². The van der Waals surface area contributed by atoms with Gasteiger partial charge in [-0.15, -0.1) is 0 Å². The second-order valence-corrected chi connectivity index (χ2v) is 4.11. The van der Waals surface area contributed by atoms with Crippen LogP contribution in [0.25, 0.3) is 0 Å². The fourth-order valence-electron chi connectivity index (χ4n) is 1.97. The summed E-state index contributed by atoms with van der Waals surface area (Å²) in [6.45, 7) is 5.45. The molecule has 2 heteroatoms. The van der Waals surface area contributed by atoms with Gasteiger partial charge in [0.05, 0.1) is 0 Å². The molecule has 0 amide bonds. The van der Waals surface area contributed by atoms with Crippen molar-refractivity contribution in [1.29, 1.82) is 0 Å². The molecule has 1 aliphatic rings. The highest BCUT2D eigenvalue weighted by Crippen LogP contribution is 2.20. The van der Waals surface area contributed by atoms with Crippen LogP contribution in [0.15, 0.2) is 24.3 Å². The smallest absolute Gasteiger partial charge is 0.0470 e. The van der Waals surface area contributed by atoms with E-state index < -0.39 is 0 Å². The van der Waals surface area contributed by atoms with E-state index in [4.69, 9.17) is 0 Å². The second kappa shape index (κ2) is 4.11. The Hall–Kier alpha value is -0.860. The fraction of sp³-hybridized carbons (Fsp3) is 0.500. The molecule has 0 saturated carbocycles. The van der Waals surface area contributed by atoms with E-state index in [1.165, 1.54) is 11.1 Å². The minimum absolute atomic E-state index is 0.546. The van der Waals surface area contributed by atoms with E-state index in [1.807, 2.05) is 0 Å². The van der Waals surface area contributed by atoms with Gasteiger partial charge in [-0.3, -0.25) is 4.90 Å². The Kier molecular flexibility index (Phi) is 2.85. The third-order valence-corrected chi connectivity index (χ3v) is 2.97. The molecule has 0 aliphatic carbocycles. The molecular formula is C12H18N2. The van der Waals surface area contributed by atoms with E-state index in [0.29, 0.717) is 6.04 Å². The molecule has 0 spiro atoms. The van der Waals surface area contributed by atoms with Gasteiger partial charge in [-0.25, -0.2) is 0 Å². The van der Waals surface area contributed by atoms with Crippen LogP contribution in [-0.2, 0) is 0 Å². The van der Waals surface area contributed by atoms with Crippen LogP contribution in [0.1, 0.15) is 17.2 Å². The quantitative estimate of drug-likeness (QED) is 0.723. The summed E-state index contributed by atoms with van der Waals surface area (Å²) in [7, 11) is 2.20. The summed E-state index contributed by atoms with van der Waals surface area (Å²) in [6, 6.07) is 9.41. The third kappa shape index (κ3) is 1.97. The van der Waals surface area contributed by atoms with Crippen LogP contribution in [0.2, 0.25) is 0 Å². The molecule has 1 fully saturated rings. The zero-order valence-corrected chi connectivity index (χ0v) is 8.96. The van der Waals surface area contributed by atoms with Crippen LogP contribution in [0.3, 0.4) is 0 Å². The summed E-state index contributed by atoms with van der Waals surface area (Å²) in [5.74, 6) is 0. The van der Waals surface area contributed by atoms with Crippen LogP contribution in [0.4, 0.5) is 0 Å². The van der Waals surface area contributed by atoms with E-state index in [0.717, 1.165) is 19.6 Å². The van der Waals surface area contributed by atoms with Crippen LogP contribution in [-0.4, -0.2) is 31.6 Å². The Morgan fingerprint density at radius 3 is 2.64 bits per heavy atom. The first-order valence-electron chi connectivity index (χ1n) is 5.25. The standard InChI is InChI=1S/C12H18N2/c1-10-3-5-11(6-4-10)12-9-13-7-8-14(12)2/h3-6,12-13H,7-9H2,1-2H3. The first-order valence-corrected chi connectivity index (χ1v) is 5.25. The van der Waals surface area contributed by atoms with Crippen molar-refractivity contribution in [3.63, 3.8) is 0 Å². The Morgan fingerprint density at radius 1 is 1.29 bits per heavy atom. The predicted molar refractivity (Wildman–Crippen MR) is 59.4 cm³/mol. The average molecular weight is 190 g/mol. The molecule has 1 saturated heterocycles. The van der Waals surface area contributed by atoms with E-state index in [-0.39, 0.29) is 0 Å². The maximum Gasteiger partial charge on any atom is 0.0470 e. The number of aryl methyl sites for hydroxylation is 1. The predicted octanol–water partition coefficient (Wildman–Crippen LogP) is 1.57. The van der Waals surface area contributed by atoms with E-state index in [2.05, 4.69) is 48.5 Å². The molecule has 1 aromatic carbocycles. The van der Waals surface area contributed by atoms with Crippen molar-refractivity contribution < 1.29 is 0 Å². The van der Waals surface area contributed by atoms with Crippen molar-refractivity contribution >= 4 is 0 Å². The lowest BCUT2D eigenvalue weighted by molar-refractivity contribution is 0.202. The number of benzene rings is 1. The van der Waals surface area contributed by atoms with Crippen molar-refractivity contribution in [2.45, 2.75) is 13.0 Å². The van der Waals surface area contributed by atoms with Crippen LogP contribution >= 0.6 is 0 Å². The number of nitrogens with zero attached hydrogens (tertiary/aromatic N) is 1. The van der Waals surface area contributed by atoms with Gasteiger partial charge in [-0.2, -0.15) is 0 Å². The van der Waals surface area contributed by atoms with Gasteiger partial charge in [0.2, 0.25) is 0 Å². The lowest BCUT2D eigenvalue weighted by atomic mass is 10.0. The molecule has 0 radical (unpaired) electrons. The average Bonchev–Trinajstić information content (AvgIpc) is 2.20. The van der Waals surface area contributed by atoms with Crippen molar-refractivity contribution in [1.82, 2.24) is 10.2 Å². The SMILES string of the molecule is Cc1ccc(C2CNCCN2C)cc1. The van der Waals surface area contributed by atoms with Crippen molar-refractivity contribution in [2.75, 3.05) is 26.7 Å².